The van der Waals surface area contributed by atoms with Crippen LogP contribution in [0.5, 0.6) is 0 Å². The predicted molar refractivity (Wildman–Crippen MR) is 74.0 cm³/mol. The van der Waals surface area contributed by atoms with Gasteiger partial charge in [0.05, 0.1) is 10.4 Å². The first kappa shape index (κ1) is 13.1. The van der Waals surface area contributed by atoms with Crippen LogP contribution in [0.1, 0.15) is 19.5 Å². The number of hydrogen-bond donors (Lipinski definition) is 1. The van der Waals surface area contributed by atoms with Crippen molar-refractivity contribution < 1.29 is 4.79 Å². The van der Waals surface area contributed by atoms with Crippen LogP contribution in [0.2, 0.25) is 0 Å². The van der Waals surface area contributed by atoms with Gasteiger partial charge in [-0.2, -0.15) is 0 Å². The zero-order chi connectivity index (χ0) is 13.2. The Balaban J connectivity index is 2.32. The number of hydrogen-bond acceptors (Lipinski definition) is 5. The number of hydrazine groups is 1. The molecule has 0 unspecified atom stereocenters. The molecule has 0 fully saturated rings. The van der Waals surface area contributed by atoms with Crippen molar-refractivity contribution in [2.75, 3.05) is 13.6 Å². The molecule has 2 rings (SSSR count). The summed E-state index contributed by atoms with van der Waals surface area (Å²) in [4.78, 5) is 16.5. The molecule has 0 saturated heterocycles. The lowest BCUT2D eigenvalue weighted by Gasteiger charge is -2.18. The third-order valence-corrected chi connectivity index (χ3v) is 3.77. The molecule has 5 heteroatoms. The van der Waals surface area contributed by atoms with Crippen LogP contribution < -0.4 is 5.43 Å². The van der Waals surface area contributed by atoms with Crippen molar-refractivity contribution in [2.45, 2.75) is 23.5 Å². The molecule has 1 N–H and O–H groups in total. The van der Waals surface area contributed by atoms with E-state index in [2.05, 4.69) is 10.4 Å². The summed E-state index contributed by atoms with van der Waals surface area (Å²) in [6.07, 6.45) is 4.79. The molecule has 0 aromatic carbocycles. The summed E-state index contributed by atoms with van der Waals surface area (Å²) >= 11 is 1.54. The largest absolute Gasteiger partial charge is 0.318 e. The van der Waals surface area contributed by atoms with Gasteiger partial charge in [0.1, 0.15) is 6.29 Å². The Kier molecular flexibility index (Phi) is 3.73. The zero-order valence-corrected chi connectivity index (χ0v) is 11.6. The van der Waals surface area contributed by atoms with Gasteiger partial charge in [0.2, 0.25) is 0 Å². The molecule has 1 aliphatic rings. The van der Waals surface area contributed by atoms with Gasteiger partial charge in [0, 0.05) is 36.5 Å². The summed E-state index contributed by atoms with van der Waals surface area (Å²) in [7, 11) is 1.96. The smallest absolute Gasteiger partial charge is 0.135 e. The van der Waals surface area contributed by atoms with E-state index in [0.29, 0.717) is 0 Å². The van der Waals surface area contributed by atoms with Crippen LogP contribution in [0.4, 0.5) is 0 Å². The van der Waals surface area contributed by atoms with Crippen molar-refractivity contribution in [1.82, 2.24) is 15.4 Å². The van der Waals surface area contributed by atoms with Crippen molar-refractivity contribution in [3.63, 3.8) is 0 Å². The fourth-order valence-corrected chi connectivity index (χ4v) is 2.74. The highest BCUT2D eigenvalue weighted by molar-refractivity contribution is 8.01. The Morgan fingerprint density at radius 1 is 1.56 bits per heavy atom. The van der Waals surface area contributed by atoms with Gasteiger partial charge >= 0.3 is 0 Å². The standard InChI is InChI=1S/C13H17N3OS/c1-13(2,9-17)18-11-5-4-6-14-12(11)10-7-15-16(3)8-10/h4-6,8-9,15H,7H2,1-3H3. The second kappa shape index (κ2) is 5.12. The van der Waals surface area contributed by atoms with E-state index >= 15 is 0 Å². The maximum atomic E-state index is 11.0. The fraction of sp³-hybridized carbons (Fsp3) is 0.385. The van der Waals surface area contributed by atoms with Crippen LogP contribution >= 0.6 is 11.8 Å². The second-order valence-electron chi connectivity index (χ2n) is 4.77. The molecule has 0 saturated carbocycles. The van der Waals surface area contributed by atoms with Gasteiger partial charge in [0.15, 0.2) is 0 Å². The molecule has 1 aromatic rings. The number of pyridine rings is 1. The van der Waals surface area contributed by atoms with E-state index < -0.39 is 4.75 Å². The van der Waals surface area contributed by atoms with Gasteiger partial charge in [-0.1, -0.05) is 0 Å². The molecule has 0 amide bonds. The van der Waals surface area contributed by atoms with Gasteiger partial charge < -0.3 is 9.80 Å². The Morgan fingerprint density at radius 2 is 2.33 bits per heavy atom. The van der Waals surface area contributed by atoms with Gasteiger partial charge in [-0.15, -0.1) is 11.8 Å². The van der Waals surface area contributed by atoms with Crippen LogP contribution in [-0.2, 0) is 4.79 Å². The molecule has 0 radical (unpaired) electrons. The molecule has 0 aliphatic carbocycles. The maximum absolute atomic E-state index is 11.0. The van der Waals surface area contributed by atoms with E-state index in [1.807, 2.05) is 44.2 Å². The zero-order valence-electron chi connectivity index (χ0n) is 10.8. The number of aldehydes is 1. The summed E-state index contributed by atoms with van der Waals surface area (Å²) in [5, 5.41) is 1.92. The van der Waals surface area contributed by atoms with Crippen LogP contribution in [0.3, 0.4) is 0 Å². The summed E-state index contributed by atoms with van der Waals surface area (Å²) in [5.74, 6) is 0. The quantitative estimate of drug-likeness (QED) is 0.664. The number of carbonyl (C=O) groups excluding carboxylic acids is 1. The Morgan fingerprint density at radius 3 is 2.94 bits per heavy atom. The fourth-order valence-electron chi connectivity index (χ4n) is 1.70. The Bertz CT molecular complexity index is 485. The minimum Gasteiger partial charge on any atom is -0.318 e. The Labute approximate surface area is 111 Å². The SMILES string of the molecule is CN1C=C(c2ncccc2SC(C)(C)C=O)CN1. The first-order valence-corrected chi connectivity index (χ1v) is 6.61. The minimum absolute atomic E-state index is 0.434. The molecule has 1 aromatic heterocycles. The van der Waals surface area contributed by atoms with Crippen molar-refractivity contribution in [2.24, 2.45) is 0 Å². The van der Waals surface area contributed by atoms with Crippen LogP contribution in [0.25, 0.3) is 5.57 Å². The highest BCUT2D eigenvalue weighted by atomic mass is 32.2. The number of rotatable bonds is 4. The monoisotopic (exact) mass is 263 g/mol. The average Bonchev–Trinajstić information content (AvgIpc) is 2.76. The van der Waals surface area contributed by atoms with E-state index in [4.69, 9.17) is 0 Å². The van der Waals surface area contributed by atoms with Crippen LogP contribution in [-0.4, -0.2) is 34.6 Å². The molecule has 1 aliphatic heterocycles. The first-order valence-electron chi connectivity index (χ1n) is 5.79. The minimum atomic E-state index is -0.434. The molecule has 0 bridgehead atoms. The molecule has 2 heterocycles. The third kappa shape index (κ3) is 2.91. The van der Waals surface area contributed by atoms with Crippen molar-refractivity contribution in [3.05, 3.63) is 30.2 Å². The summed E-state index contributed by atoms with van der Waals surface area (Å²) in [6, 6.07) is 3.91. The van der Waals surface area contributed by atoms with E-state index in [1.165, 1.54) is 0 Å². The van der Waals surface area contributed by atoms with E-state index in [-0.39, 0.29) is 0 Å². The summed E-state index contributed by atoms with van der Waals surface area (Å²) in [5.41, 5.74) is 5.29. The number of carbonyl (C=O) groups is 1. The average molecular weight is 263 g/mol. The number of thioether (sulfide) groups is 1. The highest BCUT2D eigenvalue weighted by Gasteiger charge is 2.22. The van der Waals surface area contributed by atoms with E-state index in [1.54, 1.807) is 18.0 Å². The molecule has 0 spiro atoms. The second-order valence-corrected chi connectivity index (χ2v) is 6.47. The highest BCUT2D eigenvalue weighted by Crippen LogP contribution is 2.35. The van der Waals surface area contributed by atoms with Gasteiger partial charge in [0.25, 0.3) is 0 Å². The van der Waals surface area contributed by atoms with Crippen LogP contribution in [0, 0.1) is 0 Å². The van der Waals surface area contributed by atoms with E-state index in [0.717, 1.165) is 29.0 Å². The number of aromatic nitrogens is 1. The van der Waals surface area contributed by atoms with Crippen molar-refractivity contribution in [3.8, 4) is 0 Å². The Hall–Kier alpha value is -1.33. The summed E-state index contributed by atoms with van der Waals surface area (Å²) in [6.45, 7) is 4.59. The normalized spacial score (nSPS) is 15.7. The van der Waals surface area contributed by atoms with Gasteiger partial charge in [-0.25, -0.2) is 5.43 Å². The van der Waals surface area contributed by atoms with Crippen molar-refractivity contribution in [1.29, 1.82) is 0 Å². The molecule has 4 nitrogen and oxygen atoms in total. The number of nitrogens with one attached hydrogen (secondary N) is 1. The third-order valence-electron chi connectivity index (χ3n) is 2.60. The molecule has 96 valence electrons. The lowest BCUT2D eigenvalue weighted by molar-refractivity contribution is -0.109. The van der Waals surface area contributed by atoms with Gasteiger partial charge in [-0.05, 0) is 26.0 Å². The van der Waals surface area contributed by atoms with E-state index in [9.17, 15) is 4.79 Å². The maximum Gasteiger partial charge on any atom is 0.135 e. The van der Waals surface area contributed by atoms with Gasteiger partial charge in [-0.3, -0.25) is 4.98 Å². The first-order chi connectivity index (χ1) is 8.52. The summed E-state index contributed by atoms with van der Waals surface area (Å²) < 4.78 is -0.434. The van der Waals surface area contributed by atoms with Crippen molar-refractivity contribution >= 4 is 23.6 Å². The molecular weight excluding hydrogens is 246 g/mol. The number of nitrogens with zero attached hydrogens (tertiary/aromatic N) is 2. The van der Waals surface area contributed by atoms with Crippen LogP contribution in [0.15, 0.2) is 29.4 Å². The lowest BCUT2D eigenvalue weighted by Crippen LogP contribution is -2.23. The predicted octanol–water partition coefficient (Wildman–Crippen LogP) is 1.94. The topological polar surface area (TPSA) is 45.2 Å². The molecule has 18 heavy (non-hydrogen) atoms. The molecular formula is C13H17N3OS. The lowest BCUT2D eigenvalue weighted by atomic mass is 10.2. The molecule has 0 atom stereocenters.